The zero-order valence-corrected chi connectivity index (χ0v) is 28.4. The van der Waals surface area contributed by atoms with Crippen molar-refractivity contribution >= 4 is 23.7 Å². The Morgan fingerprint density at radius 2 is 0.930 bits per heavy atom. The Bertz CT molecular complexity index is 785. The first-order valence-corrected chi connectivity index (χ1v) is 17.0. The van der Waals surface area contributed by atoms with Gasteiger partial charge in [0.2, 0.25) is 5.60 Å². The SMILES string of the molecule is CC(=O)C(C(=O)O)C(OCCCCCCC(C)C)(C(=O)O)C(CCCCCCC(C)C)(CCCCCCC(C)C)C(=O)O. The van der Waals surface area contributed by atoms with Crippen molar-refractivity contribution in [2.75, 3.05) is 6.61 Å². The molecule has 2 atom stereocenters. The number of carbonyl (C=O) groups is 4. The number of carboxylic acids is 3. The molecule has 0 aromatic carbocycles. The van der Waals surface area contributed by atoms with Gasteiger partial charge in [-0.2, -0.15) is 0 Å². The highest BCUT2D eigenvalue weighted by molar-refractivity contribution is 6.06. The van der Waals surface area contributed by atoms with Crippen LogP contribution in [0.25, 0.3) is 0 Å². The number of ketones is 1. The average Bonchev–Trinajstić information content (AvgIpc) is 2.88. The average molecular weight is 613 g/mol. The van der Waals surface area contributed by atoms with Gasteiger partial charge < -0.3 is 20.1 Å². The van der Waals surface area contributed by atoms with E-state index < -0.39 is 40.6 Å². The van der Waals surface area contributed by atoms with Gasteiger partial charge in [-0.1, -0.05) is 131 Å². The minimum absolute atomic E-state index is 0.0618. The van der Waals surface area contributed by atoms with Crippen molar-refractivity contribution in [3.8, 4) is 0 Å². The number of ether oxygens (including phenoxy) is 1. The van der Waals surface area contributed by atoms with E-state index in [0.717, 1.165) is 71.1 Å². The molecule has 0 heterocycles. The molecule has 0 aliphatic carbocycles. The highest BCUT2D eigenvalue weighted by Crippen LogP contribution is 2.50. The monoisotopic (exact) mass is 612 g/mol. The first-order chi connectivity index (χ1) is 20.2. The highest BCUT2D eigenvalue weighted by Gasteiger charge is 2.69. The van der Waals surface area contributed by atoms with E-state index in [9.17, 15) is 34.5 Å². The summed E-state index contributed by atoms with van der Waals surface area (Å²) in [5.41, 5.74) is -4.79. The van der Waals surface area contributed by atoms with Gasteiger partial charge in [0.15, 0.2) is 5.92 Å². The zero-order chi connectivity index (χ0) is 33.1. The summed E-state index contributed by atoms with van der Waals surface area (Å²) >= 11 is 0. The highest BCUT2D eigenvalue weighted by atomic mass is 16.5. The van der Waals surface area contributed by atoms with Gasteiger partial charge in [0.25, 0.3) is 0 Å². The summed E-state index contributed by atoms with van der Waals surface area (Å²) < 4.78 is 6.07. The number of carboxylic acid groups (broad SMARTS) is 3. The van der Waals surface area contributed by atoms with Crippen LogP contribution in [0.3, 0.4) is 0 Å². The van der Waals surface area contributed by atoms with Gasteiger partial charge in [0, 0.05) is 6.61 Å². The molecule has 0 aromatic rings. The van der Waals surface area contributed by atoms with Crippen LogP contribution in [0.15, 0.2) is 0 Å². The third kappa shape index (κ3) is 14.1. The summed E-state index contributed by atoms with van der Waals surface area (Å²) in [6.45, 7) is 13.8. The molecule has 43 heavy (non-hydrogen) atoms. The summed E-state index contributed by atoms with van der Waals surface area (Å²) in [6.07, 6.45) is 12.1. The molecule has 2 unspecified atom stereocenters. The molecule has 0 bridgehead atoms. The van der Waals surface area contributed by atoms with Crippen LogP contribution >= 0.6 is 0 Å². The molecule has 0 saturated carbocycles. The maximum absolute atomic E-state index is 13.3. The number of carbonyl (C=O) groups excluding carboxylic acids is 1. The summed E-state index contributed by atoms with van der Waals surface area (Å²) in [4.78, 5) is 52.1. The molecule has 0 aliphatic heterocycles. The van der Waals surface area contributed by atoms with Crippen molar-refractivity contribution in [1.82, 2.24) is 0 Å². The second-order valence-electron chi connectivity index (χ2n) is 13.9. The maximum atomic E-state index is 13.3. The second-order valence-corrected chi connectivity index (χ2v) is 13.9. The van der Waals surface area contributed by atoms with Crippen LogP contribution in [0.4, 0.5) is 0 Å². The maximum Gasteiger partial charge on any atom is 0.338 e. The molecule has 3 N–H and O–H groups in total. The van der Waals surface area contributed by atoms with Crippen molar-refractivity contribution < 1.29 is 39.2 Å². The van der Waals surface area contributed by atoms with E-state index in [-0.39, 0.29) is 19.4 Å². The normalized spacial score (nSPS) is 14.3. The van der Waals surface area contributed by atoms with Crippen molar-refractivity contribution in [1.29, 1.82) is 0 Å². The van der Waals surface area contributed by atoms with Crippen LogP contribution in [0, 0.1) is 29.1 Å². The minimum Gasteiger partial charge on any atom is -0.481 e. The third-order valence-electron chi connectivity index (χ3n) is 8.77. The fourth-order valence-electron chi connectivity index (χ4n) is 6.30. The second kappa shape index (κ2) is 21.7. The number of aliphatic carboxylic acids is 3. The number of hydrogen-bond acceptors (Lipinski definition) is 5. The molecule has 252 valence electrons. The van der Waals surface area contributed by atoms with Crippen LogP contribution in [-0.2, 0) is 23.9 Å². The Kier molecular flexibility index (Phi) is 20.7. The van der Waals surface area contributed by atoms with E-state index in [4.69, 9.17) is 4.74 Å². The van der Waals surface area contributed by atoms with Gasteiger partial charge in [-0.3, -0.25) is 14.4 Å². The Labute approximate surface area is 261 Å². The van der Waals surface area contributed by atoms with Crippen LogP contribution in [-0.4, -0.2) is 51.2 Å². The van der Waals surface area contributed by atoms with E-state index in [1.54, 1.807) is 0 Å². The predicted molar refractivity (Wildman–Crippen MR) is 171 cm³/mol. The first kappa shape index (κ1) is 41.0. The third-order valence-corrected chi connectivity index (χ3v) is 8.77. The standard InChI is InChI=1S/C35H64O8/c1-26(2)20-14-8-11-17-23-34(32(39)40,24-18-12-9-15-21-27(3)4)35(33(41)42,30(29(7)36)31(37)38)43-25-19-13-10-16-22-28(5)6/h26-28,30H,8-25H2,1-7H3,(H,37,38)(H,39,40)(H,41,42). The Hall–Kier alpha value is -1.96. The molecule has 0 fully saturated rings. The summed E-state index contributed by atoms with van der Waals surface area (Å²) in [6, 6.07) is 0. The van der Waals surface area contributed by atoms with Gasteiger partial charge in [0.1, 0.15) is 11.2 Å². The fraction of sp³-hybridized carbons (Fsp3) is 0.886. The van der Waals surface area contributed by atoms with Crippen LogP contribution < -0.4 is 0 Å². The predicted octanol–water partition coefficient (Wildman–Crippen LogP) is 8.79. The van der Waals surface area contributed by atoms with E-state index >= 15 is 0 Å². The summed E-state index contributed by atoms with van der Waals surface area (Å²) in [7, 11) is 0. The lowest BCUT2D eigenvalue weighted by Crippen LogP contribution is -2.67. The van der Waals surface area contributed by atoms with Gasteiger partial charge in [0.05, 0.1) is 0 Å². The zero-order valence-electron chi connectivity index (χ0n) is 28.4. The van der Waals surface area contributed by atoms with Crippen LogP contribution in [0.1, 0.15) is 158 Å². The van der Waals surface area contributed by atoms with E-state index in [1.165, 1.54) is 0 Å². The van der Waals surface area contributed by atoms with Crippen LogP contribution in [0.5, 0.6) is 0 Å². The lowest BCUT2D eigenvalue weighted by Gasteiger charge is -2.47. The van der Waals surface area contributed by atoms with Crippen molar-refractivity contribution in [2.45, 2.75) is 163 Å². The Morgan fingerprint density at radius 3 is 1.23 bits per heavy atom. The molecular formula is C35H64O8. The lowest BCUT2D eigenvalue weighted by atomic mass is 9.59. The molecular weight excluding hydrogens is 548 g/mol. The molecule has 0 aliphatic rings. The fourth-order valence-corrected chi connectivity index (χ4v) is 6.30. The van der Waals surface area contributed by atoms with Gasteiger partial charge in [-0.25, -0.2) is 4.79 Å². The van der Waals surface area contributed by atoms with Gasteiger partial charge in [-0.05, 0) is 43.9 Å². The van der Waals surface area contributed by atoms with Crippen molar-refractivity contribution in [3.63, 3.8) is 0 Å². The molecule has 8 heteroatoms. The number of Topliss-reactive ketones (excluding diaryl/α,β-unsaturated/α-hetero) is 1. The Balaban J connectivity index is 6.43. The largest absolute Gasteiger partial charge is 0.481 e. The van der Waals surface area contributed by atoms with Gasteiger partial charge in [-0.15, -0.1) is 0 Å². The van der Waals surface area contributed by atoms with Gasteiger partial charge >= 0.3 is 17.9 Å². The van der Waals surface area contributed by atoms with Crippen molar-refractivity contribution in [3.05, 3.63) is 0 Å². The molecule has 8 nitrogen and oxygen atoms in total. The molecule has 0 aromatic heterocycles. The van der Waals surface area contributed by atoms with Crippen molar-refractivity contribution in [2.24, 2.45) is 29.1 Å². The first-order valence-electron chi connectivity index (χ1n) is 17.0. The number of unbranched alkanes of at least 4 members (excludes halogenated alkanes) is 9. The number of hydrogen-bond donors (Lipinski definition) is 3. The minimum atomic E-state index is -2.72. The smallest absolute Gasteiger partial charge is 0.338 e. The van der Waals surface area contributed by atoms with E-state index in [2.05, 4.69) is 41.5 Å². The lowest BCUT2D eigenvalue weighted by molar-refractivity contribution is -0.219. The topological polar surface area (TPSA) is 138 Å². The quantitative estimate of drug-likeness (QED) is 0.0588. The molecule has 0 amide bonds. The molecule has 0 saturated heterocycles. The summed E-state index contributed by atoms with van der Waals surface area (Å²) in [5, 5.41) is 31.9. The molecule has 0 rings (SSSR count). The van der Waals surface area contributed by atoms with E-state index in [1.807, 2.05) is 0 Å². The molecule has 0 radical (unpaired) electrons. The Morgan fingerprint density at radius 1 is 0.558 bits per heavy atom. The summed E-state index contributed by atoms with van der Waals surface area (Å²) in [5.74, 6) is -6.10. The molecule has 0 spiro atoms. The number of rotatable bonds is 28. The van der Waals surface area contributed by atoms with E-state index in [0.29, 0.717) is 49.9 Å². The van der Waals surface area contributed by atoms with Crippen LogP contribution in [0.2, 0.25) is 0 Å².